The van der Waals surface area contributed by atoms with E-state index in [9.17, 15) is 18.0 Å². The van der Waals surface area contributed by atoms with Crippen LogP contribution < -0.4 is 9.88 Å². The van der Waals surface area contributed by atoms with Gasteiger partial charge in [0.2, 0.25) is 10.0 Å². The van der Waals surface area contributed by atoms with Crippen molar-refractivity contribution in [3.05, 3.63) is 59.2 Å². The first-order valence-corrected chi connectivity index (χ1v) is 10.00. The lowest BCUT2D eigenvalue weighted by Crippen LogP contribution is -2.17. The fourth-order valence-electron chi connectivity index (χ4n) is 2.48. The third-order valence-corrected chi connectivity index (χ3v) is 5.05. The van der Waals surface area contributed by atoms with E-state index in [-0.39, 0.29) is 27.4 Å². The molecule has 0 atom stereocenters. The lowest BCUT2D eigenvalue weighted by molar-refractivity contribution is 0.0474. The normalized spacial score (nSPS) is 11.8. The fraction of sp³-hybridized carbons (Fsp3) is 0.300. The third-order valence-electron chi connectivity index (χ3n) is 4.11. The van der Waals surface area contributed by atoms with Crippen LogP contribution in [0.25, 0.3) is 0 Å². The second-order valence-electron chi connectivity index (χ2n) is 7.24. The third kappa shape index (κ3) is 5.17. The van der Waals surface area contributed by atoms with Gasteiger partial charge in [-0.1, -0.05) is 45.0 Å². The topological polar surface area (TPSA) is 113 Å². The van der Waals surface area contributed by atoms with Crippen LogP contribution in [0.4, 0.5) is 0 Å². The highest BCUT2D eigenvalue weighted by atomic mass is 32.2. The maximum atomic E-state index is 12.3. The molecule has 7 nitrogen and oxygen atoms in total. The minimum atomic E-state index is -4.09. The maximum Gasteiger partial charge on any atom is 0.338 e. The number of ketones is 1. The Labute approximate surface area is 164 Å². The molecule has 28 heavy (non-hydrogen) atoms. The van der Waals surface area contributed by atoms with Gasteiger partial charge >= 0.3 is 5.97 Å². The van der Waals surface area contributed by atoms with E-state index >= 15 is 0 Å². The van der Waals surface area contributed by atoms with Crippen LogP contribution in [0.3, 0.4) is 0 Å². The van der Waals surface area contributed by atoms with E-state index in [0.717, 1.165) is 11.6 Å². The van der Waals surface area contributed by atoms with Crippen LogP contribution >= 0.6 is 0 Å². The molecule has 0 spiro atoms. The Morgan fingerprint density at radius 2 is 1.57 bits per heavy atom. The van der Waals surface area contributed by atoms with Crippen LogP contribution in [0.2, 0.25) is 0 Å². The number of rotatable bonds is 6. The molecule has 0 saturated heterocycles. The summed E-state index contributed by atoms with van der Waals surface area (Å²) in [6.45, 7) is 5.73. The molecule has 8 heteroatoms. The van der Waals surface area contributed by atoms with Gasteiger partial charge in [-0.3, -0.25) is 4.79 Å². The first-order chi connectivity index (χ1) is 12.9. The second-order valence-corrected chi connectivity index (χ2v) is 8.77. The molecule has 0 aliphatic rings. The molecule has 0 bridgehead atoms. The molecule has 2 rings (SSSR count). The predicted octanol–water partition coefficient (Wildman–Crippen LogP) is 2.68. The summed E-state index contributed by atoms with van der Waals surface area (Å²) >= 11 is 0. The number of hydrogen-bond donors (Lipinski definition) is 1. The van der Waals surface area contributed by atoms with Gasteiger partial charge in [0, 0.05) is 5.56 Å². The highest BCUT2D eigenvalue weighted by Crippen LogP contribution is 2.24. The molecule has 0 aromatic heterocycles. The largest absolute Gasteiger partial charge is 0.495 e. The van der Waals surface area contributed by atoms with Crippen molar-refractivity contribution in [2.45, 2.75) is 31.1 Å². The quantitative estimate of drug-likeness (QED) is 0.584. The van der Waals surface area contributed by atoms with Crippen molar-refractivity contribution in [2.75, 3.05) is 13.7 Å². The SMILES string of the molecule is COc1ccc(C(=O)OCC(=O)c2ccc(C(C)(C)C)cc2)cc1S(N)(=O)=O. The van der Waals surface area contributed by atoms with E-state index in [1.165, 1.54) is 19.2 Å². The maximum absolute atomic E-state index is 12.3. The minimum absolute atomic E-state index is 0.00839. The van der Waals surface area contributed by atoms with Crippen molar-refractivity contribution in [3.63, 3.8) is 0 Å². The number of esters is 1. The molecular formula is C20H23NO6S. The zero-order valence-electron chi connectivity index (χ0n) is 16.2. The van der Waals surface area contributed by atoms with E-state index in [2.05, 4.69) is 20.8 Å². The number of Topliss-reactive ketones (excluding diaryl/α,β-unsaturated/α-hetero) is 1. The van der Waals surface area contributed by atoms with Gasteiger partial charge in [-0.2, -0.15) is 0 Å². The van der Waals surface area contributed by atoms with Crippen LogP contribution in [-0.2, 0) is 20.2 Å². The fourth-order valence-corrected chi connectivity index (χ4v) is 3.20. The van der Waals surface area contributed by atoms with Gasteiger partial charge in [0.1, 0.15) is 10.6 Å². The summed E-state index contributed by atoms with van der Waals surface area (Å²) in [6.07, 6.45) is 0. The molecule has 0 saturated carbocycles. The average Bonchev–Trinajstić information content (AvgIpc) is 2.64. The van der Waals surface area contributed by atoms with E-state index in [1.807, 2.05) is 12.1 Å². The van der Waals surface area contributed by atoms with Crippen molar-refractivity contribution in [1.29, 1.82) is 0 Å². The van der Waals surface area contributed by atoms with Gasteiger partial charge in [0.25, 0.3) is 0 Å². The van der Waals surface area contributed by atoms with Gasteiger partial charge in [-0.15, -0.1) is 0 Å². The zero-order valence-corrected chi connectivity index (χ0v) is 17.0. The summed E-state index contributed by atoms with van der Waals surface area (Å²) in [5.41, 5.74) is 1.40. The van der Waals surface area contributed by atoms with E-state index in [4.69, 9.17) is 14.6 Å². The van der Waals surface area contributed by atoms with Gasteiger partial charge < -0.3 is 9.47 Å². The van der Waals surface area contributed by atoms with Crippen LogP contribution in [0.1, 0.15) is 47.1 Å². The van der Waals surface area contributed by atoms with Gasteiger partial charge in [0.15, 0.2) is 12.4 Å². The molecule has 0 aliphatic heterocycles. The molecule has 2 aromatic rings. The first-order valence-electron chi connectivity index (χ1n) is 8.45. The summed E-state index contributed by atoms with van der Waals surface area (Å²) in [6, 6.07) is 10.8. The number of carbonyl (C=O) groups is 2. The second kappa shape index (κ2) is 8.12. The Balaban J connectivity index is 2.11. The minimum Gasteiger partial charge on any atom is -0.495 e. The Kier molecular flexibility index (Phi) is 6.26. The molecule has 0 unspecified atom stereocenters. The number of sulfonamides is 1. The number of benzene rings is 2. The van der Waals surface area contributed by atoms with E-state index in [0.29, 0.717) is 5.56 Å². The number of hydrogen-bond acceptors (Lipinski definition) is 6. The Bertz CT molecular complexity index is 988. The zero-order chi connectivity index (χ0) is 21.1. The molecule has 0 radical (unpaired) electrons. The van der Waals surface area contributed by atoms with Crippen LogP contribution in [0, 0.1) is 0 Å². The standard InChI is InChI=1S/C20H23NO6S/c1-20(2,3)15-8-5-13(6-9-15)16(22)12-27-19(23)14-7-10-17(26-4)18(11-14)28(21,24)25/h5-11H,12H2,1-4H3,(H2,21,24,25). The molecule has 2 N–H and O–H groups in total. The van der Waals surface area contributed by atoms with E-state index in [1.54, 1.807) is 12.1 Å². The van der Waals surface area contributed by atoms with Crippen molar-refractivity contribution in [3.8, 4) is 5.75 Å². The van der Waals surface area contributed by atoms with Crippen molar-refractivity contribution < 1.29 is 27.5 Å². The molecule has 0 amide bonds. The van der Waals surface area contributed by atoms with Gasteiger partial charge in [-0.25, -0.2) is 18.4 Å². The number of methoxy groups -OCH3 is 1. The lowest BCUT2D eigenvalue weighted by Gasteiger charge is -2.18. The van der Waals surface area contributed by atoms with Crippen LogP contribution in [0.15, 0.2) is 47.4 Å². The summed E-state index contributed by atoms with van der Waals surface area (Å²) < 4.78 is 33.2. The molecule has 0 fully saturated rings. The number of ether oxygens (including phenoxy) is 2. The van der Waals surface area contributed by atoms with Crippen LogP contribution in [0.5, 0.6) is 5.75 Å². The van der Waals surface area contributed by atoms with Crippen molar-refractivity contribution in [1.82, 2.24) is 0 Å². The number of primary sulfonamides is 1. The summed E-state index contributed by atoms with van der Waals surface area (Å²) in [4.78, 5) is 24.1. The lowest BCUT2D eigenvalue weighted by atomic mass is 9.86. The van der Waals surface area contributed by atoms with Crippen molar-refractivity contribution >= 4 is 21.8 Å². The summed E-state index contributed by atoms with van der Waals surface area (Å²) in [7, 11) is -2.81. The average molecular weight is 405 g/mol. The first kappa shape index (κ1) is 21.6. The summed E-state index contributed by atoms with van der Waals surface area (Å²) in [5.74, 6) is -1.20. The smallest absolute Gasteiger partial charge is 0.338 e. The van der Waals surface area contributed by atoms with Gasteiger partial charge in [0.05, 0.1) is 12.7 Å². The monoisotopic (exact) mass is 405 g/mol. The summed E-state index contributed by atoms with van der Waals surface area (Å²) in [5, 5.41) is 5.13. The molecule has 0 aliphatic carbocycles. The van der Waals surface area contributed by atoms with Gasteiger partial charge in [-0.05, 0) is 29.2 Å². The molecule has 150 valence electrons. The predicted molar refractivity (Wildman–Crippen MR) is 104 cm³/mol. The molecule has 2 aromatic carbocycles. The van der Waals surface area contributed by atoms with Crippen molar-refractivity contribution in [2.24, 2.45) is 5.14 Å². The number of carbonyl (C=O) groups excluding carboxylic acids is 2. The van der Waals surface area contributed by atoms with E-state index < -0.39 is 22.6 Å². The number of nitrogens with two attached hydrogens (primary N) is 1. The molecular weight excluding hydrogens is 382 g/mol. The Morgan fingerprint density at radius 1 is 1.00 bits per heavy atom. The highest BCUT2D eigenvalue weighted by Gasteiger charge is 2.20. The highest BCUT2D eigenvalue weighted by molar-refractivity contribution is 7.89. The van der Waals surface area contributed by atoms with Crippen LogP contribution in [-0.4, -0.2) is 33.9 Å². The Hall–Kier alpha value is -2.71. The molecule has 0 heterocycles. The Morgan fingerprint density at radius 3 is 2.07 bits per heavy atom.